The van der Waals surface area contributed by atoms with Gasteiger partial charge in [-0.3, -0.25) is 0 Å². The molecule has 0 amide bonds. The summed E-state index contributed by atoms with van der Waals surface area (Å²) < 4.78 is 27.3. The molecule has 0 saturated heterocycles. The summed E-state index contributed by atoms with van der Waals surface area (Å²) in [6.45, 7) is 9.26. The van der Waals surface area contributed by atoms with E-state index in [1.165, 1.54) is 16.4 Å². The van der Waals surface area contributed by atoms with E-state index in [4.69, 9.17) is 17.3 Å². The number of sulfonamides is 1. The molecular formula is C13H18BrClN2O2S. The maximum atomic E-state index is 12.8. The lowest BCUT2D eigenvalue weighted by Crippen LogP contribution is -2.45. The van der Waals surface area contributed by atoms with Crippen molar-refractivity contribution in [3.63, 3.8) is 0 Å². The van der Waals surface area contributed by atoms with Gasteiger partial charge in [-0.2, -0.15) is 4.31 Å². The third kappa shape index (κ3) is 3.55. The molecule has 0 bridgehead atoms. The van der Waals surface area contributed by atoms with Gasteiger partial charge in [0.2, 0.25) is 10.0 Å². The fraction of sp³-hybridized carbons (Fsp3) is 0.385. The molecule has 0 heterocycles. The second-order valence-corrected chi connectivity index (χ2v) is 8.36. The molecule has 0 aliphatic rings. The fourth-order valence-electron chi connectivity index (χ4n) is 1.74. The monoisotopic (exact) mass is 380 g/mol. The average Bonchev–Trinajstić information content (AvgIpc) is 2.28. The summed E-state index contributed by atoms with van der Waals surface area (Å²) in [6.07, 6.45) is 1.55. The zero-order valence-electron chi connectivity index (χ0n) is 11.7. The topological polar surface area (TPSA) is 63.4 Å². The van der Waals surface area contributed by atoms with Crippen LogP contribution in [0.4, 0.5) is 5.69 Å². The van der Waals surface area contributed by atoms with Gasteiger partial charge in [0.1, 0.15) is 0 Å². The molecule has 0 unspecified atom stereocenters. The maximum absolute atomic E-state index is 12.8. The van der Waals surface area contributed by atoms with Crippen LogP contribution in [0.1, 0.15) is 20.8 Å². The zero-order valence-corrected chi connectivity index (χ0v) is 14.8. The zero-order chi connectivity index (χ0) is 15.7. The average molecular weight is 382 g/mol. The number of hydrogen-bond donors (Lipinski definition) is 1. The molecule has 1 rings (SSSR count). The SMILES string of the molecule is C=CCN(C(C)(C)C)S(=O)(=O)c1cc(Cl)cc(N)c1Br. The molecule has 112 valence electrons. The van der Waals surface area contributed by atoms with Gasteiger partial charge in [-0.25, -0.2) is 8.42 Å². The number of hydrogen-bond acceptors (Lipinski definition) is 3. The Kier molecular flexibility index (Phi) is 5.29. The summed E-state index contributed by atoms with van der Waals surface area (Å²) in [5.74, 6) is 0. The second kappa shape index (κ2) is 6.05. The van der Waals surface area contributed by atoms with E-state index in [-0.39, 0.29) is 22.2 Å². The third-order valence-corrected chi connectivity index (χ3v) is 6.16. The smallest absolute Gasteiger partial charge is 0.245 e. The lowest BCUT2D eigenvalue weighted by atomic mass is 10.1. The first kappa shape index (κ1) is 17.5. The van der Waals surface area contributed by atoms with Crippen LogP contribution in [0.25, 0.3) is 0 Å². The molecule has 20 heavy (non-hydrogen) atoms. The Labute approximate surface area is 133 Å². The Hall–Kier alpha value is -0.560. The number of nitrogens with zero attached hydrogens (tertiary/aromatic N) is 1. The van der Waals surface area contributed by atoms with Gasteiger partial charge in [-0.05, 0) is 48.8 Å². The number of benzene rings is 1. The van der Waals surface area contributed by atoms with Gasteiger partial charge in [0.15, 0.2) is 0 Å². The van der Waals surface area contributed by atoms with E-state index in [2.05, 4.69) is 22.5 Å². The van der Waals surface area contributed by atoms with E-state index >= 15 is 0 Å². The summed E-state index contributed by atoms with van der Waals surface area (Å²) in [5.41, 5.74) is 5.45. The van der Waals surface area contributed by atoms with Crippen molar-refractivity contribution in [2.75, 3.05) is 12.3 Å². The lowest BCUT2D eigenvalue weighted by Gasteiger charge is -2.34. The highest BCUT2D eigenvalue weighted by Crippen LogP contribution is 2.35. The van der Waals surface area contributed by atoms with Gasteiger partial charge in [-0.15, -0.1) is 6.58 Å². The van der Waals surface area contributed by atoms with Crippen molar-refractivity contribution in [1.82, 2.24) is 4.31 Å². The van der Waals surface area contributed by atoms with Crippen LogP contribution in [0.3, 0.4) is 0 Å². The van der Waals surface area contributed by atoms with Gasteiger partial charge >= 0.3 is 0 Å². The molecule has 0 aliphatic heterocycles. The molecule has 0 aliphatic carbocycles. The first-order valence-electron chi connectivity index (χ1n) is 5.90. The van der Waals surface area contributed by atoms with Crippen LogP contribution in [-0.4, -0.2) is 24.8 Å². The largest absolute Gasteiger partial charge is 0.398 e. The van der Waals surface area contributed by atoms with E-state index in [0.29, 0.717) is 4.47 Å². The molecule has 0 saturated carbocycles. The van der Waals surface area contributed by atoms with Crippen molar-refractivity contribution in [2.24, 2.45) is 0 Å². The van der Waals surface area contributed by atoms with Crippen LogP contribution >= 0.6 is 27.5 Å². The highest BCUT2D eigenvalue weighted by Gasteiger charge is 2.34. The highest BCUT2D eigenvalue weighted by molar-refractivity contribution is 9.10. The first-order chi connectivity index (χ1) is 9.01. The Bertz CT molecular complexity index is 624. The quantitative estimate of drug-likeness (QED) is 0.639. The van der Waals surface area contributed by atoms with Crippen molar-refractivity contribution in [2.45, 2.75) is 31.2 Å². The van der Waals surface area contributed by atoms with Gasteiger partial charge < -0.3 is 5.73 Å². The molecule has 0 radical (unpaired) electrons. The van der Waals surface area contributed by atoms with Crippen molar-refractivity contribution in [1.29, 1.82) is 0 Å². The molecule has 0 aromatic heterocycles. The van der Waals surface area contributed by atoms with Crippen molar-refractivity contribution >= 4 is 43.2 Å². The van der Waals surface area contributed by atoms with E-state index in [9.17, 15) is 8.42 Å². The van der Waals surface area contributed by atoms with E-state index in [1.54, 1.807) is 6.08 Å². The van der Waals surface area contributed by atoms with E-state index in [0.717, 1.165) is 0 Å². The highest BCUT2D eigenvalue weighted by atomic mass is 79.9. The normalized spacial score (nSPS) is 12.7. The van der Waals surface area contributed by atoms with Crippen LogP contribution in [0.2, 0.25) is 5.02 Å². The Morgan fingerprint density at radius 1 is 1.45 bits per heavy atom. The van der Waals surface area contributed by atoms with E-state index < -0.39 is 15.6 Å². The molecule has 2 N–H and O–H groups in total. The van der Waals surface area contributed by atoms with Crippen molar-refractivity contribution in [3.05, 3.63) is 34.3 Å². The minimum atomic E-state index is -3.75. The van der Waals surface area contributed by atoms with Crippen LogP contribution in [0.15, 0.2) is 34.2 Å². The minimum absolute atomic E-state index is 0.0549. The minimum Gasteiger partial charge on any atom is -0.398 e. The van der Waals surface area contributed by atoms with Crippen molar-refractivity contribution < 1.29 is 8.42 Å². The van der Waals surface area contributed by atoms with Crippen molar-refractivity contribution in [3.8, 4) is 0 Å². The predicted octanol–water partition coefficient (Wildman–Crippen LogP) is 3.66. The molecule has 0 atom stereocenters. The number of nitrogen functional groups attached to an aromatic ring is 1. The standard InChI is InChI=1S/C13H18BrClN2O2S/c1-5-6-17(13(2,3)4)20(18,19)11-8-9(15)7-10(16)12(11)14/h5,7-8H,1,6,16H2,2-4H3. The summed E-state index contributed by atoms with van der Waals surface area (Å²) in [6, 6.07) is 2.89. The van der Waals surface area contributed by atoms with Crippen LogP contribution in [0, 0.1) is 0 Å². The van der Waals surface area contributed by atoms with Gasteiger partial charge in [0.25, 0.3) is 0 Å². The molecule has 7 heteroatoms. The van der Waals surface area contributed by atoms with E-state index in [1.807, 2.05) is 20.8 Å². The summed E-state index contributed by atoms with van der Waals surface area (Å²) in [4.78, 5) is 0.0549. The Balaban J connectivity index is 3.53. The molecular weight excluding hydrogens is 364 g/mol. The molecule has 4 nitrogen and oxygen atoms in total. The predicted molar refractivity (Wildman–Crippen MR) is 87.4 cm³/mol. The lowest BCUT2D eigenvalue weighted by molar-refractivity contribution is 0.269. The molecule has 0 spiro atoms. The fourth-order valence-corrected chi connectivity index (χ4v) is 4.75. The van der Waals surface area contributed by atoms with Crippen LogP contribution in [0.5, 0.6) is 0 Å². The molecule has 1 aromatic carbocycles. The van der Waals surface area contributed by atoms with Gasteiger partial charge in [-0.1, -0.05) is 17.7 Å². The van der Waals surface area contributed by atoms with Crippen LogP contribution < -0.4 is 5.73 Å². The molecule has 0 fully saturated rings. The molecule has 1 aromatic rings. The van der Waals surface area contributed by atoms with Gasteiger partial charge in [0.05, 0.1) is 9.37 Å². The number of rotatable bonds is 4. The maximum Gasteiger partial charge on any atom is 0.245 e. The number of nitrogens with two attached hydrogens (primary N) is 1. The third-order valence-electron chi connectivity index (χ3n) is 2.64. The summed E-state index contributed by atoms with van der Waals surface area (Å²) in [5, 5.41) is 0.275. The van der Waals surface area contributed by atoms with Crippen LogP contribution in [-0.2, 0) is 10.0 Å². The number of halogens is 2. The van der Waals surface area contributed by atoms with Gasteiger partial charge in [0, 0.05) is 22.8 Å². The summed E-state index contributed by atoms with van der Waals surface area (Å²) >= 11 is 9.14. The second-order valence-electron chi connectivity index (χ2n) is 5.30. The first-order valence-corrected chi connectivity index (χ1v) is 8.51. The Morgan fingerprint density at radius 3 is 2.45 bits per heavy atom. The Morgan fingerprint density at radius 2 is 2.00 bits per heavy atom. The summed E-state index contributed by atoms with van der Waals surface area (Å²) in [7, 11) is -3.75. The number of anilines is 1.